The Morgan fingerprint density at radius 1 is 1.00 bits per heavy atom. The monoisotopic (exact) mass is 414 g/mol. The van der Waals surface area contributed by atoms with E-state index in [1.807, 2.05) is 31.2 Å². The zero-order valence-corrected chi connectivity index (χ0v) is 17.6. The summed E-state index contributed by atoms with van der Waals surface area (Å²) >= 11 is 0. The first-order valence-corrected chi connectivity index (χ1v) is 11.1. The number of sulfonamides is 1. The van der Waals surface area contributed by atoms with Gasteiger partial charge in [0.25, 0.3) is 5.91 Å². The lowest BCUT2D eigenvalue weighted by Gasteiger charge is -2.20. The zero-order chi connectivity index (χ0) is 21.0. The first kappa shape index (κ1) is 20.9. The number of para-hydroxylation sites is 1. The van der Waals surface area contributed by atoms with Gasteiger partial charge >= 0.3 is 0 Å². The summed E-state index contributed by atoms with van der Waals surface area (Å²) < 4.78 is 27.1. The van der Waals surface area contributed by atoms with Crippen molar-refractivity contribution in [3.63, 3.8) is 0 Å². The molecule has 7 nitrogen and oxygen atoms in total. The van der Waals surface area contributed by atoms with Gasteiger partial charge in [0.1, 0.15) is 5.69 Å². The molecule has 29 heavy (non-hydrogen) atoms. The van der Waals surface area contributed by atoms with Crippen molar-refractivity contribution in [1.29, 1.82) is 0 Å². The fourth-order valence-electron chi connectivity index (χ4n) is 3.23. The molecular formula is C21H26N4O3S. The number of aromatic amines is 1. The molecule has 0 fully saturated rings. The van der Waals surface area contributed by atoms with Crippen molar-refractivity contribution in [3.05, 3.63) is 54.2 Å². The van der Waals surface area contributed by atoms with E-state index in [9.17, 15) is 13.2 Å². The van der Waals surface area contributed by atoms with Crippen LogP contribution in [0.5, 0.6) is 0 Å². The van der Waals surface area contributed by atoms with Gasteiger partial charge in [-0.05, 0) is 37.3 Å². The van der Waals surface area contributed by atoms with Crippen molar-refractivity contribution < 1.29 is 13.2 Å². The molecule has 0 aliphatic rings. The topological polar surface area (TPSA) is 94.3 Å². The maximum Gasteiger partial charge on any atom is 0.272 e. The Bertz CT molecular complexity index is 1080. The van der Waals surface area contributed by atoms with Crippen molar-refractivity contribution in [2.75, 3.05) is 30.3 Å². The molecule has 2 aromatic carbocycles. The second-order valence-corrected chi connectivity index (χ2v) is 8.49. The Balaban J connectivity index is 1.96. The zero-order valence-electron chi connectivity index (χ0n) is 16.8. The maximum atomic E-state index is 12.9. The van der Waals surface area contributed by atoms with E-state index in [4.69, 9.17) is 0 Å². The fourth-order valence-corrected chi connectivity index (χ4v) is 4.71. The number of nitrogens with zero attached hydrogens (tertiary/aromatic N) is 1. The SMILES string of the molecule is CCNc1ccc(S(=O)(=O)N(CC)CC)cc1NC(=O)c1cc2ccccc2[nH]1. The van der Waals surface area contributed by atoms with Crippen molar-refractivity contribution in [2.45, 2.75) is 25.7 Å². The average molecular weight is 415 g/mol. The number of amides is 1. The molecule has 8 heteroatoms. The average Bonchev–Trinajstić information content (AvgIpc) is 3.14. The van der Waals surface area contributed by atoms with Gasteiger partial charge in [-0.1, -0.05) is 32.0 Å². The number of nitrogens with one attached hydrogen (secondary N) is 3. The van der Waals surface area contributed by atoms with Crippen LogP contribution < -0.4 is 10.6 Å². The number of fused-ring (bicyclic) bond motifs is 1. The number of hydrogen-bond donors (Lipinski definition) is 3. The van der Waals surface area contributed by atoms with Crippen LogP contribution >= 0.6 is 0 Å². The summed E-state index contributed by atoms with van der Waals surface area (Å²) in [7, 11) is -3.63. The lowest BCUT2D eigenvalue weighted by atomic mass is 10.2. The van der Waals surface area contributed by atoms with E-state index in [0.29, 0.717) is 36.7 Å². The second kappa shape index (κ2) is 8.67. The first-order valence-electron chi connectivity index (χ1n) is 9.67. The van der Waals surface area contributed by atoms with Crippen LogP contribution in [0.15, 0.2) is 53.4 Å². The predicted octanol–water partition coefficient (Wildman–Crippen LogP) is 3.88. The maximum absolute atomic E-state index is 12.9. The quantitative estimate of drug-likeness (QED) is 0.521. The van der Waals surface area contributed by atoms with E-state index < -0.39 is 10.0 Å². The molecule has 0 spiro atoms. The highest BCUT2D eigenvalue weighted by Crippen LogP contribution is 2.28. The second-order valence-electron chi connectivity index (χ2n) is 6.55. The van der Waals surface area contributed by atoms with Crippen molar-refractivity contribution in [3.8, 4) is 0 Å². The summed E-state index contributed by atoms with van der Waals surface area (Å²) in [5, 5.41) is 6.94. The molecule has 1 heterocycles. The number of H-pyrrole nitrogens is 1. The van der Waals surface area contributed by atoms with Crippen LogP contribution in [-0.4, -0.2) is 43.2 Å². The minimum atomic E-state index is -3.63. The van der Waals surface area contributed by atoms with E-state index in [0.717, 1.165) is 10.9 Å². The van der Waals surface area contributed by atoms with E-state index in [1.54, 1.807) is 32.0 Å². The van der Waals surface area contributed by atoms with Crippen molar-refractivity contribution in [1.82, 2.24) is 9.29 Å². The van der Waals surface area contributed by atoms with Crippen LogP contribution in [0.2, 0.25) is 0 Å². The molecule has 0 atom stereocenters. The molecule has 0 saturated heterocycles. The number of aromatic nitrogens is 1. The van der Waals surface area contributed by atoms with Gasteiger partial charge in [0, 0.05) is 30.5 Å². The van der Waals surface area contributed by atoms with Crippen LogP contribution in [-0.2, 0) is 10.0 Å². The molecule has 0 bridgehead atoms. The lowest BCUT2D eigenvalue weighted by molar-refractivity contribution is 0.102. The van der Waals surface area contributed by atoms with Gasteiger partial charge in [-0.25, -0.2) is 8.42 Å². The molecule has 3 N–H and O–H groups in total. The van der Waals surface area contributed by atoms with Gasteiger partial charge in [0.05, 0.1) is 16.3 Å². The summed E-state index contributed by atoms with van der Waals surface area (Å²) in [4.78, 5) is 16.1. The number of hydrogen-bond acceptors (Lipinski definition) is 4. The van der Waals surface area contributed by atoms with Crippen LogP contribution in [0.1, 0.15) is 31.3 Å². The minimum Gasteiger partial charge on any atom is -0.384 e. The molecule has 1 amide bonds. The van der Waals surface area contributed by atoms with Gasteiger partial charge in [-0.2, -0.15) is 4.31 Å². The standard InChI is InChI=1S/C21H26N4O3S/c1-4-22-18-12-11-16(29(27,28)25(5-2)6-3)14-19(18)24-21(26)20-13-15-9-7-8-10-17(15)23-20/h7-14,22-23H,4-6H2,1-3H3,(H,24,26). The molecule has 0 unspecified atom stereocenters. The highest BCUT2D eigenvalue weighted by Gasteiger charge is 2.23. The lowest BCUT2D eigenvalue weighted by Crippen LogP contribution is -2.30. The Hall–Kier alpha value is -2.84. The number of carbonyl (C=O) groups excluding carboxylic acids is 1. The predicted molar refractivity (Wildman–Crippen MR) is 117 cm³/mol. The van der Waals surface area contributed by atoms with Crippen LogP contribution in [0.4, 0.5) is 11.4 Å². The number of rotatable bonds is 8. The molecule has 3 aromatic rings. The molecule has 0 aliphatic heterocycles. The smallest absolute Gasteiger partial charge is 0.272 e. The third kappa shape index (κ3) is 4.28. The highest BCUT2D eigenvalue weighted by molar-refractivity contribution is 7.89. The molecule has 0 aliphatic carbocycles. The molecule has 3 rings (SSSR count). The molecule has 1 aromatic heterocycles. The third-order valence-corrected chi connectivity index (χ3v) is 6.77. The van der Waals surface area contributed by atoms with Gasteiger partial charge in [-0.15, -0.1) is 0 Å². The molecular weight excluding hydrogens is 388 g/mol. The highest BCUT2D eigenvalue weighted by atomic mass is 32.2. The normalized spacial score (nSPS) is 11.7. The van der Waals surface area contributed by atoms with Crippen molar-refractivity contribution >= 4 is 38.2 Å². The van der Waals surface area contributed by atoms with Crippen LogP contribution in [0.3, 0.4) is 0 Å². The summed E-state index contributed by atoms with van der Waals surface area (Å²) in [6, 6.07) is 14.1. The molecule has 0 saturated carbocycles. The van der Waals surface area contributed by atoms with Crippen molar-refractivity contribution in [2.24, 2.45) is 0 Å². The van der Waals surface area contributed by atoms with Gasteiger partial charge in [0.15, 0.2) is 0 Å². The largest absolute Gasteiger partial charge is 0.384 e. The Morgan fingerprint density at radius 2 is 1.72 bits per heavy atom. The van der Waals surface area contributed by atoms with Gasteiger partial charge in [-0.3, -0.25) is 4.79 Å². The van der Waals surface area contributed by atoms with Crippen LogP contribution in [0.25, 0.3) is 10.9 Å². The van der Waals surface area contributed by atoms with Gasteiger partial charge in [0.2, 0.25) is 10.0 Å². The first-order chi connectivity index (χ1) is 13.9. The summed E-state index contributed by atoms with van der Waals surface area (Å²) in [5.41, 5.74) is 2.35. The van der Waals surface area contributed by atoms with Crippen LogP contribution in [0, 0.1) is 0 Å². The summed E-state index contributed by atoms with van der Waals surface area (Å²) in [5.74, 6) is -0.335. The Kier molecular flexibility index (Phi) is 6.24. The van der Waals surface area contributed by atoms with E-state index in [1.165, 1.54) is 10.4 Å². The Labute approximate surface area is 171 Å². The van der Waals surface area contributed by atoms with E-state index in [-0.39, 0.29) is 10.8 Å². The Morgan fingerprint density at radius 3 is 2.38 bits per heavy atom. The third-order valence-electron chi connectivity index (χ3n) is 4.72. The van der Waals surface area contributed by atoms with Gasteiger partial charge < -0.3 is 15.6 Å². The van der Waals surface area contributed by atoms with E-state index >= 15 is 0 Å². The summed E-state index contributed by atoms with van der Waals surface area (Å²) in [6.45, 7) is 6.93. The van der Waals surface area contributed by atoms with E-state index in [2.05, 4.69) is 15.6 Å². The number of anilines is 2. The molecule has 154 valence electrons. The number of benzene rings is 2. The fraction of sp³-hybridized carbons (Fsp3) is 0.286. The molecule has 0 radical (unpaired) electrons. The number of carbonyl (C=O) groups is 1. The summed E-state index contributed by atoms with van der Waals surface area (Å²) in [6.07, 6.45) is 0. The minimum absolute atomic E-state index is 0.148.